The first-order chi connectivity index (χ1) is 16.0. The van der Waals surface area contributed by atoms with Gasteiger partial charge in [-0.05, 0) is 99.6 Å². The van der Waals surface area contributed by atoms with E-state index in [1.807, 2.05) is 24.3 Å². The standard InChI is InChI=1S/C28H35N3O3/c1-25-10-17-11-26(2,14-25)16-28(12-17,15-25)30-9-8-18-21(30)13-27(18,3)31-20-7-5-4-6-19(20)29-22(23(31)32)24(33)34/h4-7,17-18,21H,8-16H2,1-3H3,(H,33,34)/t17?,18?,21-,25?,26?,27+,28?/m1/s1. The van der Waals surface area contributed by atoms with Gasteiger partial charge in [-0.2, -0.15) is 0 Å². The zero-order chi connectivity index (χ0) is 23.7. The molecule has 4 bridgehead atoms. The molecule has 1 aliphatic heterocycles. The molecule has 180 valence electrons. The zero-order valence-electron chi connectivity index (χ0n) is 20.5. The fourth-order valence-electron chi connectivity index (χ4n) is 10.6. The summed E-state index contributed by atoms with van der Waals surface area (Å²) in [6.45, 7) is 8.37. The smallest absolute Gasteiger partial charge is 0.360 e. The number of aromatic nitrogens is 2. The van der Waals surface area contributed by atoms with Crippen molar-refractivity contribution in [3.8, 4) is 0 Å². The van der Waals surface area contributed by atoms with Crippen molar-refractivity contribution >= 4 is 17.0 Å². The molecule has 0 radical (unpaired) electrons. The zero-order valence-corrected chi connectivity index (χ0v) is 20.5. The van der Waals surface area contributed by atoms with Gasteiger partial charge in [-0.25, -0.2) is 9.78 Å². The van der Waals surface area contributed by atoms with Crippen LogP contribution in [-0.4, -0.2) is 43.7 Å². The van der Waals surface area contributed by atoms with Crippen molar-refractivity contribution in [3.63, 3.8) is 0 Å². The maximum atomic E-state index is 13.4. The molecule has 0 amide bonds. The summed E-state index contributed by atoms with van der Waals surface area (Å²) in [7, 11) is 0. The molecule has 6 aliphatic rings. The van der Waals surface area contributed by atoms with Crippen LogP contribution in [0.5, 0.6) is 0 Å². The van der Waals surface area contributed by atoms with Crippen molar-refractivity contribution in [1.29, 1.82) is 0 Å². The lowest BCUT2D eigenvalue weighted by Gasteiger charge is -2.69. The van der Waals surface area contributed by atoms with E-state index < -0.39 is 11.5 Å². The molecule has 6 fully saturated rings. The third-order valence-electron chi connectivity index (χ3n) is 10.6. The summed E-state index contributed by atoms with van der Waals surface area (Å²) in [5.74, 6) is -0.0139. The normalized spacial score (nSPS) is 44.9. The van der Waals surface area contributed by atoms with Crippen LogP contribution in [0.25, 0.3) is 11.0 Å². The van der Waals surface area contributed by atoms with Crippen molar-refractivity contribution in [3.05, 3.63) is 40.3 Å². The SMILES string of the molecule is CC12CC3CC(C)(C1)CC(N1CCC4[C@H]1C[C@]4(C)n1c(=O)c(C(=O)O)nc4ccccc41)(C3)C2. The first kappa shape index (κ1) is 21.1. The van der Waals surface area contributed by atoms with Gasteiger partial charge in [0.15, 0.2) is 0 Å². The number of fused-ring (bicyclic) bond motifs is 2. The third-order valence-corrected chi connectivity index (χ3v) is 10.6. The number of nitrogens with zero attached hydrogens (tertiary/aromatic N) is 3. The Kier molecular flexibility index (Phi) is 3.92. The van der Waals surface area contributed by atoms with Gasteiger partial charge in [-0.3, -0.25) is 14.3 Å². The van der Waals surface area contributed by atoms with Crippen LogP contribution in [0.3, 0.4) is 0 Å². The molecule has 5 aliphatic carbocycles. The van der Waals surface area contributed by atoms with Crippen LogP contribution < -0.4 is 5.56 Å². The summed E-state index contributed by atoms with van der Waals surface area (Å²) >= 11 is 0. The van der Waals surface area contributed by atoms with E-state index >= 15 is 0 Å². The number of carboxylic acids is 1. The van der Waals surface area contributed by atoms with Crippen molar-refractivity contribution < 1.29 is 9.90 Å². The largest absolute Gasteiger partial charge is 0.476 e. The summed E-state index contributed by atoms with van der Waals surface area (Å²) in [5.41, 5.74) is 1.43. The van der Waals surface area contributed by atoms with E-state index in [1.165, 1.54) is 38.5 Å². The summed E-state index contributed by atoms with van der Waals surface area (Å²) in [4.78, 5) is 32.4. The molecular formula is C28H35N3O3. The van der Waals surface area contributed by atoms with E-state index in [9.17, 15) is 14.7 Å². The van der Waals surface area contributed by atoms with Crippen LogP contribution in [0.4, 0.5) is 0 Å². The molecular weight excluding hydrogens is 426 g/mol. The fourth-order valence-corrected chi connectivity index (χ4v) is 10.6. The molecule has 6 heteroatoms. The fraction of sp³-hybridized carbons (Fsp3) is 0.679. The van der Waals surface area contributed by atoms with E-state index in [0.717, 1.165) is 30.8 Å². The maximum Gasteiger partial charge on any atom is 0.360 e. The van der Waals surface area contributed by atoms with E-state index in [0.29, 0.717) is 33.8 Å². The van der Waals surface area contributed by atoms with Crippen molar-refractivity contribution in [2.45, 2.75) is 89.3 Å². The summed E-state index contributed by atoms with van der Waals surface area (Å²) in [6, 6.07) is 7.99. The number of para-hydroxylation sites is 2. The molecule has 0 spiro atoms. The van der Waals surface area contributed by atoms with Gasteiger partial charge >= 0.3 is 5.97 Å². The molecule has 5 saturated carbocycles. The second-order valence-electron chi connectivity index (χ2n) is 13.5. The summed E-state index contributed by atoms with van der Waals surface area (Å²) in [5, 5.41) is 9.70. The predicted molar refractivity (Wildman–Crippen MR) is 130 cm³/mol. The van der Waals surface area contributed by atoms with E-state index in [4.69, 9.17) is 0 Å². The Morgan fingerprint density at radius 1 is 1.03 bits per heavy atom. The number of carbonyl (C=O) groups is 1. The highest BCUT2D eigenvalue weighted by Gasteiger charge is 2.67. The number of rotatable bonds is 3. The Labute approximate surface area is 200 Å². The van der Waals surface area contributed by atoms with Crippen LogP contribution in [0, 0.1) is 22.7 Å². The topological polar surface area (TPSA) is 75.4 Å². The number of carboxylic acid groups (broad SMARTS) is 1. The van der Waals surface area contributed by atoms with Gasteiger partial charge in [0.05, 0.1) is 16.6 Å². The summed E-state index contributed by atoms with van der Waals surface area (Å²) < 4.78 is 1.80. The molecule has 5 atom stereocenters. The lowest BCUT2D eigenvalue weighted by molar-refractivity contribution is -0.179. The van der Waals surface area contributed by atoms with Gasteiger partial charge < -0.3 is 5.11 Å². The van der Waals surface area contributed by atoms with E-state index in [-0.39, 0.29) is 11.2 Å². The number of benzene rings is 1. The van der Waals surface area contributed by atoms with Gasteiger partial charge in [-0.1, -0.05) is 26.0 Å². The molecule has 1 saturated heterocycles. The quantitative estimate of drug-likeness (QED) is 0.720. The minimum Gasteiger partial charge on any atom is -0.476 e. The Hall–Kier alpha value is -2.21. The van der Waals surface area contributed by atoms with Crippen LogP contribution in [-0.2, 0) is 5.54 Å². The first-order valence-corrected chi connectivity index (χ1v) is 13.1. The highest BCUT2D eigenvalue weighted by atomic mass is 16.4. The van der Waals surface area contributed by atoms with Crippen LogP contribution in [0.15, 0.2) is 29.1 Å². The Morgan fingerprint density at radius 2 is 1.74 bits per heavy atom. The highest BCUT2D eigenvalue weighted by Crippen LogP contribution is 2.69. The van der Waals surface area contributed by atoms with Gasteiger partial charge in [0.1, 0.15) is 0 Å². The Morgan fingerprint density at radius 3 is 2.41 bits per heavy atom. The Balaban J connectivity index is 1.28. The molecule has 1 N–H and O–H groups in total. The van der Waals surface area contributed by atoms with Gasteiger partial charge in [0.25, 0.3) is 5.56 Å². The molecule has 3 unspecified atom stereocenters. The monoisotopic (exact) mass is 461 g/mol. The molecule has 2 aromatic rings. The molecule has 34 heavy (non-hydrogen) atoms. The van der Waals surface area contributed by atoms with Crippen LogP contribution in [0.2, 0.25) is 0 Å². The molecule has 2 heterocycles. The van der Waals surface area contributed by atoms with Crippen molar-refractivity contribution in [2.75, 3.05) is 6.54 Å². The third kappa shape index (κ3) is 2.58. The summed E-state index contributed by atoms with van der Waals surface area (Å²) in [6.07, 6.45) is 10.2. The number of hydrogen-bond donors (Lipinski definition) is 1. The first-order valence-electron chi connectivity index (χ1n) is 13.1. The average molecular weight is 462 g/mol. The Bertz CT molecular complexity index is 1280. The predicted octanol–water partition coefficient (Wildman–Crippen LogP) is 4.65. The number of hydrogen-bond acceptors (Lipinski definition) is 4. The van der Waals surface area contributed by atoms with Crippen molar-refractivity contribution in [1.82, 2.24) is 14.5 Å². The average Bonchev–Trinajstić information content (AvgIpc) is 3.09. The van der Waals surface area contributed by atoms with Gasteiger partial charge in [-0.15, -0.1) is 0 Å². The maximum absolute atomic E-state index is 13.4. The lowest BCUT2D eigenvalue weighted by Crippen LogP contribution is -2.69. The van der Waals surface area contributed by atoms with E-state index in [1.54, 1.807) is 4.57 Å². The number of likely N-dealkylation sites (tertiary alicyclic amines) is 1. The minimum atomic E-state index is -1.24. The molecule has 1 aromatic heterocycles. The molecule has 1 aromatic carbocycles. The second-order valence-corrected chi connectivity index (χ2v) is 13.5. The molecule has 8 rings (SSSR count). The minimum absolute atomic E-state index is 0.321. The van der Waals surface area contributed by atoms with E-state index in [2.05, 4.69) is 30.7 Å². The second kappa shape index (κ2) is 6.31. The molecule has 6 nitrogen and oxygen atoms in total. The number of aromatic carboxylic acids is 1. The van der Waals surface area contributed by atoms with Gasteiger partial charge in [0, 0.05) is 11.6 Å². The highest BCUT2D eigenvalue weighted by molar-refractivity contribution is 5.88. The van der Waals surface area contributed by atoms with Crippen LogP contribution >= 0.6 is 0 Å². The van der Waals surface area contributed by atoms with Crippen molar-refractivity contribution in [2.24, 2.45) is 22.7 Å². The van der Waals surface area contributed by atoms with Crippen LogP contribution in [0.1, 0.15) is 82.6 Å². The lowest BCUT2D eigenvalue weighted by atomic mass is 9.42. The van der Waals surface area contributed by atoms with Gasteiger partial charge in [0.2, 0.25) is 5.69 Å².